The zero-order chi connectivity index (χ0) is 19.1. The van der Waals surface area contributed by atoms with Crippen molar-refractivity contribution in [3.05, 3.63) is 83.9 Å². The van der Waals surface area contributed by atoms with Crippen LogP contribution < -0.4 is 20.8 Å². The number of halogens is 2. The van der Waals surface area contributed by atoms with Crippen molar-refractivity contribution in [2.45, 2.75) is 12.8 Å². The Kier molecular flexibility index (Phi) is 8.19. The van der Waals surface area contributed by atoms with Gasteiger partial charge in [0.2, 0.25) is 0 Å². The molecule has 0 unspecified atom stereocenters. The van der Waals surface area contributed by atoms with Crippen LogP contribution in [0.1, 0.15) is 11.1 Å². The van der Waals surface area contributed by atoms with Gasteiger partial charge in [-0.15, -0.1) is 36.3 Å². The first-order chi connectivity index (χ1) is 13.7. The Morgan fingerprint density at radius 1 is 0.516 bits per heavy atom. The molecule has 0 spiro atoms. The molecule has 0 aliphatic heterocycles. The van der Waals surface area contributed by atoms with Gasteiger partial charge >= 0.3 is 19.5 Å². The van der Waals surface area contributed by atoms with E-state index in [1.165, 1.54) is 16.5 Å². The number of hydrogen-bond acceptors (Lipinski definition) is 4. The third-order valence-electron chi connectivity index (χ3n) is 5.26. The molecule has 1 aliphatic rings. The Labute approximate surface area is 206 Å². The molecule has 0 heterocycles. The summed E-state index contributed by atoms with van der Waals surface area (Å²) in [6, 6.07) is 22.0. The molecule has 0 atom stereocenters. The summed E-state index contributed by atoms with van der Waals surface area (Å²) in [5.74, 6) is -0.00901. The van der Waals surface area contributed by atoms with Gasteiger partial charge in [0.15, 0.2) is 0 Å². The second-order valence-corrected chi connectivity index (χ2v) is 7.09. The molecule has 0 amide bonds. The van der Waals surface area contributed by atoms with Gasteiger partial charge in [-0.3, -0.25) is 0 Å². The fourth-order valence-electron chi connectivity index (χ4n) is 3.92. The molecule has 0 saturated carbocycles. The number of hydrogen-bond donors (Lipinski definition) is 2. The minimum atomic E-state index is -0.00451. The minimum absolute atomic E-state index is 0. The molecule has 0 radical (unpaired) electrons. The first-order valence-corrected chi connectivity index (χ1v) is 9.33. The number of nitrogens with one attached hydrogen (secondary N) is 2. The first kappa shape index (κ1) is 24.8. The SMILES string of the molecule is Cl.Cl.[O-]c1ccc(Nc2ccc3c4c(ccc(Nc5ccc([O-])cc5)c24)CC3)cc1.[Zn+2]. The molecule has 31 heavy (non-hydrogen) atoms. The van der Waals surface area contributed by atoms with Gasteiger partial charge in [0.05, 0.1) is 0 Å². The second-order valence-electron chi connectivity index (χ2n) is 7.09. The molecule has 4 aromatic rings. The maximum absolute atomic E-state index is 11.4. The topological polar surface area (TPSA) is 70.2 Å². The molecular formula is C24H20Cl2N2O2Zn. The molecule has 0 saturated heterocycles. The summed E-state index contributed by atoms with van der Waals surface area (Å²) in [7, 11) is 0. The number of benzene rings is 4. The first-order valence-electron chi connectivity index (χ1n) is 9.33. The summed E-state index contributed by atoms with van der Waals surface area (Å²) in [6.07, 6.45) is 2.09. The Bertz CT molecular complexity index is 1090. The number of anilines is 4. The Hall–Kier alpha value is -2.46. The van der Waals surface area contributed by atoms with E-state index in [1.807, 2.05) is 0 Å². The van der Waals surface area contributed by atoms with Gasteiger partial charge in [0.25, 0.3) is 0 Å². The second kappa shape index (κ2) is 10.2. The van der Waals surface area contributed by atoms with Crippen LogP contribution in [0.5, 0.6) is 11.5 Å². The summed E-state index contributed by atoms with van der Waals surface area (Å²) >= 11 is 0. The van der Waals surface area contributed by atoms with E-state index in [0.717, 1.165) is 41.0 Å². The van der Waals surface area contributed by atoms with E-state index in [-0.39, 0.29) is 55.8 Å². The summed E-state index contributed by atoms with van der Waals surface area (Å²) in [4.78, 5) is 0. The van der Waals surface area contributed by atoms with Crippen molar-refractivity contribution in [1.29, 1.82) is 0 Å². The van der Waals surface area contributed by atoms with Crippen LogP contribution in [0.25, 0.3) is 10.8 Å². The van der Waals surface area contributed by atoms with Crippen molar-refractivity contribution < 1.29 is 29.7 Å². The zero-order valence-corrected chi connectivity index (χ0v) is 21.3. The monoisotopic (exact) mass is 502 g/mol. The molecular weight excluding hydrogens is 485 g/mol. The van der Waals surface area contributed by atoms with E-state index in [9.17, 15) is 10.2 Å². The fourth-order valence-corrected chi connectivity index (χ4v) is 3.92. The molecule has 0 bridgehead atoms. The quantitative estimate of drug-likeness (QED) is 0.365. The van der Waals surface area contributed by atoms with E-state index >= 15 is 0 Å². The molecule has 0 aromatic heterocycles. The molecule has 4 nitrogen and oxygen atoms in total. The van der Waals surface area contributed by atoms with Crippen LogP contribution in [0.4, 0.5) is 22.7 Å². The van der Waals surface area contributed by atoms with Crippen LogP contribution in [0.3, 0.4) is 0 Å². The summed E-state index contributed by atoms with van der Waals surface area (Å²) in [5, 5.41) is 32.2. The third kappa shape index (κ3) is 4.90. The van der Waals surface area contributed by atoms with E-state index in [1.54, 1.807) is 48.5 Å². The van der Waals surface area contributed by atoms with Crippen LogP contribution in [-0.4, -0.2) is 0 Å². The third-order valence-corrected chi connectivity index (χ3v) is 5.26. The smallest absolute Gasteiger partial charge is 0.872 e. The predicted octanol–water partition coefficient (Wildman–Crippen LogP) is 5.41. The van der Waals surface area contributed by atoms with Crippen LogP contribution in [0, 0.1) is 0 Å². The Balaban J connectivity index is 0.00000114. The minimum Gasteiger partial charge on any atom is -0.872 e. The van der Waals surface area contributed by atoms with E-state index < -0.39 is 0 Å². The maximum Gasteiger partial charge on any atom is 2.00 e. The van der Waals surface area contributed by atoms with Crippen molar-refractivity contribution >= 4 is 58.3 Å². The van der Waals surface area contributed by atoms with Crippen molar-refractivity contribution in [3.63, 3.8) is 0 Å². The van der Waals surface area contributed by atoms with E-state index in [2.05, 4.69) is 34.9 Å². The average Bonchev–Trinajstić information content (AvgIpc) is 3.13. The normalized spacial score (nSPS) is 11.1. The molecule has 1 aliphatic carbocycles. The summed E-state index contributed by atoms with van der Waals surface area (Å²) in [6.45, 7) is 0. The molecule has 4 aromatic carbocycles. The molecule has 0 fully saturated rings. The van der Waals surface area contributed by atoms with Crippen molar-refractivity contribution in [3.8, 4) is 11.5 Å². The zero-order valence-electron chi connectivity index (χ0n) is 16.7. The van der Waals surface area contributed by atoms with Crippen molar-refractivity contribution in [2.75, 3.05) is 10.6 Å². The largest absolute Gasteiger partial charge is 2.00 e. The van der Waals surface area contributed by atoms with Gasteiger partial charge in [-0.2, -0.15) is 0 Å². The average molecular weight is 505 g/mol. The van der Waals surface area contributed by atoms with Crippen molar-refractivity contribution in [2.24, 2.45) is 0 Å². The number of rotatable bonds is 4. The van der Waals surface area contributed by atoms with E-state index in [4.69, 9.17) is 0 Å². The predicted molar refractivity (Wildman–Crippen MR) is 124 cm³/mol. The van der Waals surface area contributed by atoms with Crippen LogP contribution in [0.15, 0.2) is 72.8 Å². The van der Waals surface area contributed by atoms with Gasteiger partial charge in [-0.25, -0.2) is 0 Å². The van der Waals surface area contributed by atoms with Crippen LogP contribution in [0.2, 0.25) is 0 Å². The van der Waals surface area contributed by atoms with Gasteiger partial charge in [0.1, 0.15) is 0 Å². The fraction of sp³-hybridized carbons (Fsp3) is 0.0833. The van der Waals surface area contributed by atoms with E-state index in [0.29, 0.717) is 0 Å². The van der Waals surface area contributed by atoms with Gasteiger partial charge in [-0.05, 0) is 65.8 Å². The Morgan fingerprint density at radius 3 is 1.29 bits per heavy atom. The van der Waals surface area contributed by atoms with Crippen LogP contribution >= 0.6 is 24.8 Å². The van der Waals surface area contributed by atoms with Gasteiger partial charge < -0.3 is 20.8 Å². The molecule has 2 N–H and O–H groups in total. The van der Waals surface area contributed by atoms with Gasteiger partial charge in [0, 0.05) is 28.1 Å². The maximum atomic E-state index is 11.4. The number of aryl methyl sites for hydroxylation is 2. The summed E-state index contributed by atoms with van der Waals surface area (Å²) < 4.78 is 0. The van der Waals surface area contributed by atoms with Crippen LogP contribution in [-0.2, 0) is 32.3 Å². The van der Waals surface area contributed by atoms with Crippen molar-refractivity contribution in [1.82, 2.24) is 0 Å². The standard InChI is InChI=1S/C24H20N2O2.2ClH.Zn/c27-19-9-5-17(6-10-19)25-21-13-3-15-1-2-16-4-14-22(24(21)23(15)16)26-18-7-11-20(28)12-8-18;;;/h3-14,25-28H,1-2H2;2*1H;/q;;;+2/p-2. The molecule has 7 heteroatoms. The Morgan fingerprint density at radius 2 is 0.903 bits per heavy atom. The summed E-state index contributed by atoms with van der Waals surface area (Å²) in [5.41, 5.74) is 6.43. The molecule has 154 valence electrons. The van der Waals surface area contributed by atoms with Gasteiger partial charge in [-0.1, -0.05) is 36.4 Å². The molecule has 5 rings (SSSR count).